The molecule has 0 heterocycles. The summed E-state index contributed by atoms with van der Waals surface area (Å²) in [5.41, 5.74) is 13.8. The quantitative estimate of drug-likeness (QED) is 0.0929. The van der Waals surface area contributed by atoms with E-state index in [2.05, 4.69) is 225 Å². The van der Waals surface area contributed by atoms with Gasteiger partial charge in [0.15, 0.2) is 0 Å². The molecular weight excluding hydrogens is 647 g/mol. The molecule has 0 atom stereocenters. The van der Waals surface area contributed by atoms with Crippen molar-refractivity contribution in [1.29, 1.82) is 0 Å². The van der Waals surface area contributed by atoms with E-state index in [1.807, 2.05) is 11.8 Å². The Kier molecular flexibility index (Phi) is 11.1. The second kappa shape index (κ2) is 16.7. The van der Waals surface area contributed by atoms with Crippen molar-refractivity contribution in [1.82, 2.24) is 0 Å². The number of benzene rings is 7. The van der Waals surface area contributed by atoms with Crippen LogP contribution < -0.4 is 4.90 Å². The van der Waals surface area contributed by atoms with E-state index in [1.165, 1.54) is 43.8 Å². The Balaban J connectivity index is 1.16. The van der Waals surface area contributed by atoms with Gasteiger partial charge in [0.05, 0.1) is 0 Å². The lowest BCUT2D eigenvalue weighted by molar-refractivity contribution is 1.24. The number of anilines is 3. The van der Waals surface area contributed by atoms with Gasteiger partial charge in [-0.1, -0.05) is 170 Å². The van der Waals surface area contributed by atoms with Gasteiger partial charge in [-0.2, -0.15) is 0 Å². The van der Waals surface area contributed by atoms with E-state index in [0.29, 0.717) is 0 Å². The number of hydrogen-bond acceptors (Lipinski definition) is 2. The molecule has 0 radical (unpaired) electrons. The molecule has 0 aromatic heterocycles. The lowest BCUT2D eigenvalue weighted by Crippen LogP contribution is -2.12. The Morgan fingerprint density at radius 1 is 0.500 bits per heavy atom. The molecule has 0 aliphatic carbocycles. The van der Waals surface area contributed by atoms with Crippen LogP contribution in [0.1, 0.15) is 11.1 Å². The van der Waals surface area contributed by atoms with Gasteiger partial charge in [-0.25, -0.2) is 0 Å². The fraction of sp³-hybridized carbons (Fsp3) is 0.0400. The summed E-state index contributed by atoms with van der Waals surface area (Å²) in [6.45, 7) is 6.67. The fourth-order valence-electron chi connectivity index (χ4n) is 6.42. The Labute approximate surface area is 313 Å². The molecule has 7 rings (SSSR count). The molecule has 252 valence electrons. The minimum absolute atomic E-state index is 0.922. The van der Waals surface area contributed by atoms with Crippen molar-refractivity contribution < 1.29 is 0 Å². The summed E-state index contributed by atoms with van der Waals surface area (Å²) < 4.78 is 0. The average molecular weight is 688 g/mol. The van der Waals surface area contributed by atoms with Gasteiger partial charge in [0, 0.05) is 27.7 Å². The Morgan fingerprint density at radius 2 is 0.942 bits per heavy atom. The Morgan fingerprint density at radius 3 is 1.44 bits per heavy atom. The molecule has 0 bridgehead atoms. The van der Waals surface area contributed by atoms with Crippen molar-refractivity contribution >= 4 is 34.4 Å². The third kappa shape index (κ3) is 8.26. The molecule has 0 spiro atoms. The summed E-state index contributed by atoms with van der Waals surface area (Å²) in [5.74, 6) is 0.922. The fourth-order valence-corrected chi connectivity index (χ4v) is 7.17. The lowest BCUT2D eigenvalue weighted by atomic mass is 9.97. The van der Waals surface area contributed by atoms with E-state index in [1.54, 1.807) is 0 Å². The van der Waals surface area contributed by atoms with Crippen molar-refractivity contribution in [3.63, 3.8) is 0 Å². The van der Waals surface area contributed by atoms with Crippen LogP contribution in [0.3, 0.4) is 0 Å². The molecule has 0 N–H and O–H groups in total. The van der Waals surface area contributed by atoms with Crippen LogP contribution in [0.2, 0.25) is 0 Å². The first-order chi connectivity index (χ1) is 25.6. The molecule has 0 amide bonds. The first kappa shape index (κ1) is 34.4. The van der Waals surface area contributed by atoms with Gasteiger partial charge in [0.1, 0.15) is 0 Å². The third-order valence-corrected chi connectivity index (χ3v) is 10.2. The number of rotatable bonds is 12. The normalized spacial score (nSPS) is 11.2. The number of nitrogens with zero attached hydrogens (tertiary/aromatic N) is 1. The van der Waals surface area contributed by atoms with Crippen LogP contribution in [-0.2, 0) is 0 Å². The van der Waals surface area contributed by atoms with Crippen molar-refractivity contribution in [2.75, 3.05) is 10.7 Å². The van der Waals surface area contributed by atoms with Crippen molar-refractivity contribution in [3.8, 4) is 33.4 Å². The van der Waals surface area contributed by atoms with Gasteiger partial charge in [-0.3, -0.25) is 0 Å². The van der Waals surface area contributed by atoms with Crippen LogP contribution in [-0.4, -0.2) is 5.75 Å². The lowest BCUT2D eigenvalue weighted by Gasteiger charge is -2.28. The van der Waals surface area contributed by atoms with Gasteiger partial charge < -0.3 is 4.90 Å². The van der Waals surface area contributed by atoms with E-state index < -0.39 is 0 Å². The summed E-state index contributed by atoms with van der Waals surface area (Å²) in [4.78, 5) is 3.63. The summed E-state index contributed by atoms with van der Waals surface area (Å²) in [7, 11) is 0. The zero-order valence-electron chi connectivity index (χ0n) is 29.4. The van der Waals surface area contributed by atoms with E-state index in [-0.39, 0.29) is 0 Å². The predicted octanol–water partition coefficient (Wildman–Crippen LogP) is 14.4. The van der Waals surface area contributed by atoms with Crippen LogP contribution >= 0.6 is 11.8 Å². The SMILES string of the molecule is C=C(/C=C\C=C/CSc1ccccc1)c1cccc(N(c2ccc(-c3ccccc3)cc2)c2ccc(-c3ccc(-c4ccccc4)cc3)cc2)c1C. The maximum atomic E-state index is 4.47. The van der Waals surface area contributed by atoms with Gasteiger partial charge >= 0.3 is 0 Å². The molecule has 1 nitrogen and oxygen atoms in total. The molecule has 52 heavy (non-hydrogen) atoms. The van der Waals surface area contributed by atoms with Crippen LogP contribution in [0.25, 0.3) is 39.0 Å². The summed E-state index contributed by atoms with van der Waals surface area (Å²) >= 11 is 1.83. The van der Waals surface area contributed by atoms with E-state index in [9.17, 15) is 0 Å². The Hall–Kier alpha value is -6.09. The maximum Gasteiger partial charge on any atom is 0.0496 e. The number of thioether (sulfide) groups is 1. The second-order valence-corrected chi connectivity index (χ2v) is 13.7. The first-order valence-electron chi connectivity index (χ1n) is 17.7. The predicted molar refractivity (Wildman–Crippen MR) is 227 cm³/mol. The third-order valence-electron chi connectivity index (χ3n) is 9.21. The van der Waals surface area contributed by atoms with E-state index in [4.69, 9.17) is 0 Å². The Bertz CT molecular complexity index is 2270. The molecule has 2 heteroatoms. The molecule has 0 saturated carbocycles. The van der Waals surface area contributed by atoms with Crippen molar-refractivity contribution in [2.45, 2.75) is 11.8 Å². The summed E-state index contributed by atoms with van der Waals surface area (Å²) in [5, 5.41) is 0. The minimum Gasteiger partial charge on any atom is -0.310 e. The molecular formula is C50H41NS. The van der Waals surface area contributed by atoms with Gasteiger partial charge in [0.2, 0.25) is 0 Å². The summed E-state index contributed by atoms with van der Waals surface area (Å²) in [6, 6.07) is 64.7. The van der Waals surface area contributed by atoms with Gasteiger partial charge in [-0.15, -0.1) is 11.8 Å². The number of hydrogen-bond donors (Lipinski definition) is 0. The largest absolute Gasteiger partial charge is 0.310 e. The molecule has 0 aliphatic rings. The highest BCUT2D eigenvalue weighted by atomic mass is 32.2. The maximum absolute atomic E-state index is 4.47. The van der Waals surface area contributed by atoms with Crippen LogP contribution in [0.5, 0.6) is 0 Å². The van der Waals surface area contributed by atoms with E-state index >= 15 is 0 Å². The van der Waals surface area contributed by atoms with Crippen LogP contribution in [0, 0.1) is 6.92 Å². The van der Waals surface area contributed by atoms with Crippen LogP contribution in [0.15, 0.2) is 218 Å². The van der Waals surface area contributed by atoms with E-state index in [0.717, 1.165) is 34.0 Å². The van der Waals surface area contributed by atoms with Crippen molar-refractivity contribution in [3.05, 3.63) is 224 Å². The molecule has 0 unspecified atom stereocenters. The van der Waals surface area contributed by atoms with Crippen LogP contribution in [0.4, 0.5) is 17.1 Å². The topological polar surface area (TPSA) is 3.24 Å². The van der Waals surface area contributed by atoms with Gasteiger partial charge in [0.25, 0.3) is 0 Å². The zero-order chi connectivity index (χ0) is 35.5. The highest BCUT2D eigenvalue weighted by Crippen LogP contribution is 2.40. The first-order valence-corrected chi connectivity index (χ1v) is 18.6. The average Bonchev–Trinajstić information content (AvgIpc) is 3.21. The highest BCUT2D eigenvalue weighted by molar-refractivity contribution is 7.99. The monoisotopic (exact) mass is 687 g/mol. The summed E-state index contributed by atoms with van der Waals surface area (Å²) in [6.07, 6.45) is 8.49. The molecule has 0 fully saturated rings. The standard InChI is InChI=1S/C50H41NS/c1-38(16-7-6-14-37-52-48-21-12-5-13-22-48)49-23-15-24-50(39(49)2)51(46-33-29-44(30-34-46)41-19-10-4-11-20-41)47-35-31-45(32-36-47)43-27-25-42(26-28-43)40-17-8-3-9-18-40/h3-36H,1,37H2,2H3/b14-6-,16-7-. The highest BCUT2D eigenvalue weighted by Gasteiger charge is 2.17. The number of allylic oxidation sites excluding steroid dienone is 4. The minimum atomic E-state index is 0.922. The molecule has 7 aromatic rings. The van der Waals surface area contributed by atoms with Gasteiger partial charge in [-0.05, 0) is 99.5 Å². The molecule has 7 aromatic carbocycles. The zero-order valence-corrected chi connectivity index (χ0v) is 30.2. The molecule has 0 saturated heterocycles. The van der Waals surface area contributed by atoms with Crippen molar-refractivity contribution in [2.24, 2.45) is 0 Å². The second-order valence-electron chi connectivity index (χ2n) is 12.6. The molecule has 0 aliphatic heterocycles. The smallest absolute Gasteiger partial charge is 0.0496 e.